The number of methoxy groups -OCH3 is 1. The van der Waals surface area contributed by atoms with Crippen LogP contribution >= 0.6 is 0 Å². The van der Waals surface area contributed by atoms with Crippen LogP contribution in [0.1, 0.15) is 60.2 Å². The van der Waals surface area contributed by atoms with Gasteiger partial charge >= 0.3 is 0 Å². The Morgan fingerprint density at radius 2 is 1.73 bits per heavy atom. The van der Waals surface area contributed by atoms with E-state index in [1.807, 2.05) is 6.20 Å². The molecule has 0 N–H and O–H groups in total. The number of benzene rings is 1. The molecule has 2 heteroatoms. The van der Waals surface area contributed by atoms with Gasteiger partial charge in [0, 0.05) is 23.4 Å². The molecular formula is C24H31NO. The van der Waals surface area contributed by atoms with E-state index < -0.39 is 0 Å². The standard InChI is InChI=1S/C24H31NO/c1-14(2)22(15(3)4)24(20-11-10-16(5)12-21(20)26-9)23-18(7)17(6)13-25-19(23)8/h10-13,24H,1H2,2-9H3. The van der Waals surface area contributed by atoms with Gasteiger partial charge in [0.25, 0.3) is 0 Å². The minimum Gasteiger partial charge on any atom is -0.496 e. The third kappa shape index (κ3) is 3.75. The molecule has 0 spiro atoms. The van der Waals surface area contributed by atoms with Crippen molar-refractivity contribution < 1.29 is 4.74 Å². The van der Waals surface area contributed by atoms with E-state index in [-0.39, 0.29) is 5.92 Å². The molecule has 2 nitrogen and oxygen atoms in total. The first kappa shape index (κ1) is 20.0. The van der Waals surface area contributed by atoms with E-state index in [0.29, 0.717) is 0 Å². The lowest BCUT2D eigenvalue weighted by atomic mass is 9.77. The molecule has 0 radical (unpaired) electrons. The summed E-state index contributed by atoms with van der Waals surface area (Å²) in [4.78, 5) is 4.67. The number of hydrogen-bond acceptors (Lipinski definition) is 2. The first-order valence-electron chi connectivity index (χ1n) is 9.09. The van der Waals surface area contributed by atoms with E-state index >= 15 is 0 Å². The fourth-order valence-corrected chi connectivity index (χ4v) is 3.74. The van der Waals surface area contributed by atoms with Crippen molar-refractivity contribution in [2.75, 3.05) is 7.11 Å². The minimum atomic E-state index is 0.0560. The quantitative estimate of drug-likeness (QED) is 0.585. The average Bonchev–Trinajstić information content (AvgIpc) is 2.57. The molecule has 0 amide bonds. The first-order valence-corrected chi connectivity index (χ1v) is 9.09. The number of allylic oxidation sites excluding steroid dienone is 3. The highest BCUT2D eigenvalue weighted by atomic mass is 16.5. The van der Waals surface area contributed by atoms with Gasteiger partial charge in [-0.15, -0.1) is 0 Å². The van der Waals surface area contributed by atoms with Crippen LogP contribution in [0.25, 0.3) is 0 Å². The van der Waals surface area contributed by atoms with Crippen molar-refractivity contribution in [2.24, 2.45) is 0 Å². The van der Waals surface area contributed by atoms with Gasteiger partial charge in [0.05, 0.1) is 7.11 Å². The van der Waals surface area contributed by atoms with Crippen LogP contribution in [-0.2, 0) is 0 Å². The van der Waals surface area contributed by atoms with Gasteiger partial charge in [0.2, 0.25) is 0 Å². The monoisotopic (exact) mass is 349 g/mol. The lowest BCUT2D eigenvalue weighted by Crippen LogP contribution is -2.13. The number of pyridine rings is 1. The molecule has 1 aromatic heterocycles. The summed E-state index contributed by atoms with van der Waals surface area (Å²) in [6.07, 6.45) is 1.96. The summed E-state index contributed by atoms with van der Waals surface area (Å²) in [6.45, 7) is 19.2. The Morgan fingerprint density at radius 1 is 1.08 bits per heavy atom. The van der Waals surface area contributed by atoms with Crippen molar-refractivity contribution in [1.82, 2.24) is 4.98 Å². The van der Waals surface area contributed by atoms with Crippen molar-refractivity contribution in [3.63, 3.8) is 0 Å². The second kappa shape index (κ2) is 7.90. The van der Waals surface area contributed by atoms with Crippen molar-refractivity contribution in [2.45, 2.75) is 54.4 Å². The van der Waals surface area contributed by atoms with Crippen LogP contribution in [0.4, 0.5) is 0 Å². The van der Waals surface area contributed by atoms with E-state index in [1.165, 1.54) is 33.4 Å². The van der Waals surface area contributed by atoms with Crippen molar-refractivity contribution in [3.05, 3.63) is 81.2 Å². The third-order valence-corrected chi connectivity index (χ3v) is 5.11. The van der Waals surface area contributed by atoms with Gasteiger partial charge in [-0.1, -0.05) is 29.9 Å². The smallest absolute Gasteiger partial charge is 0.123 e. The van der Waals surface area contributed by atoms with Crippen molar-refractivity contribution in [1.29, 1.82) is 0 Å². The van der Waals surface area contributed by atoms with Gasteiger partial charge in [-0.25, -0.2) is 0 Å². The van der Waals surface area contributed by atoms with Crippen LogP contribution < -0.4 is 4.74 Å². The Hall–Kier alpha value is -2.35. The molecule has 0 saturated carbocycles. The molecule has 0 aliphatic rings. The molecule has 1 atom stereocenters. The Morgan fingerprint density at radius 3 is 2.27 bits per heavy atom. The molecule has 0 fully saturated rings. The number of hydrogen-bond donors (Lipinski definition) is 0. The van der Waals surface area contributed by atoms with Gasteiger partial charge in [-0.3, -0.25) is 4.98 Å². The molecule has 0 bridgehead atoms. The molecular weight excluding hydrogens is 318 g/mol. The van der Waals surface area contributed by atoms with Gasteiger partial charge in [-0.2, -0.15) is 0 Å². The van der Waals surface area contributed by atoms with Crippen LogP contribution in [0.5, 0.6) is 5.75 Å². The zero-order valence-electron chi connectivity index (χ0n) is 17.4. The highest BCUT2D eigenvalue weighted by molar-refractivity contribution is 5.57. The number of aromatic nitrogens is 1. The average molecular weight is 350 g/mol. The number of ether oxygens (including phenoxy) is 1. The van der Waals surface area contributed by atoms with E-state index in [1.54, 1.807) is 7.11 Å². The third-order valence-electron chi connectivity index (χ3n) is 5.11. The molecule has 138 valence electrons. The fourth-order valence-electron chi connectivity index (χ4n) is 3.74. The Kier molecular flexibility index (Phi) is 6.07. The highest BCUT2D eigenvalue weighted by Crippen LogP contribution is 2.43. The molecule has 0 aliphatic carbocycles. The minimum absolute atomic E-state index is 0.0560. The molecule has 2 rings (SSSR count). The number of nitrogens with zero attached hydrogens (tertiary/aromatic N) is 1. The summed E-state index contributed by atoms with van der Waals surface area (Å²) in [5, 5.41) is 0. The van der Waals surface area contributed by atoms with E-state index in [2.05, 4.69) is 78.2 Å². The predicted molar refractivity (Wildman–Crippen MR) is 111 cm³/mol. The summed E-state index contributed by atoms with van der Waals surface area (Å²) >= 11 is 0. The molecule has 1 unspecified atom stereocenters. The van der Waals surface area contributed by atoms with E-state index in [0.717, 1.165) is 22.6 Å². The van der Waals surface area contributed by atoms with Gasteiger partial charge in [0.15, 0.2) is 0 Å². The fraction of sp³-hybridized carbons (Fsp3) is 0.375. The summed E-state index contributed by atoms with van der Waals surface area (Å²) in [7, 11) is 1.74. The van der Waals surface area contributed by atoms with Gasteiger partial charge < -0.3 is 4.74 Å². The topological polar surface area (TPSA) is 22.1 Å². The first-order chi connectivity index (χ1) is 12.2. The van der Waals surface area contributed by atoms with Crippen LogP contribution in [0.15, 0.2) is 47.7 Å². The maximum atomic E-state index is 5.78. The summed E-state index contributed by atoms with van der Waals surface area (Å²) in [6, 6.07) is 6.45. The Balaban J connectivity index is 2.93. The molecule has 26 heavy (non-hydrogen) atoms. The Bertz CT molecular complexity index is 870. The van der Waals surface area contributed by atoms with Crippen molar-refractivity contribution >= 4 is 0 Å². The van der Waals surface area contributed by atoms with Crippen LogP contribution in [0.3, 0.4) is 0 Å². The van der Waals surface area contributed by atoms with Gasteiger partial charge in [0.1, 0.15) is 5.75 Å². The largest absolute Gasteiger partial charge is 0.496 e. The summed E-state index contributed by atoms with van der Waals surface area (Å²) in [5.74, 6) is 0.968. The number of aryl methyl sites for hydroxylation is 3. The molecule has 0 saturated heterocycles. The van der Waals surface area contributed by atoms with Crippen LogP contribution in [0.2, 0.25) is 0 Å². The summed E-state index contributed by atoms with van der Waals surface area (Å²) < 4.78 is 5.78. The Labute approximate surface area is 158 Å². The molecule has 1 aromatic carbocycles. The SMILES string of the molecule is C=C(C)C(=C(C)C)C(c1ccc(C)cc1OC)c1c(C)ncc(C)c1C. The van der Waals surface area contributed by atoms with E-state index in [9.17, 15) is 0 Å². The second-order valence-corrected chi connectivity index (χ2v) is 7.44. The lowest BCUT2D eigenvalue weighted by Gasteiger charge is -2.28. The number of rotatable bonds is 5. The molecule has 1 heterocycles. The normalized spacial score (nSPS) is 11.8. The lowest BCUT2D eigenvalue weighted by molar-refractivity contribution is 0.408. The summed E-state index contributed by atoms with van der Waals surface area (Å²) in [5.41, 5.74) is 10.8. The molecule has 2 aromatic rings. The molecule has 0 aliphatic heterocycles. The maximum Gasteiger partial charge on any atom is 0.123 e. The second-order valence-electron chi connectivity index (χ2n) is 7.44. The zero-order valence-corrected chi connectivity index (χ0v) is 17.4. The van der Waals surface area contributed by atoms with E-state index in [4.69, 9.17) is 4.74 Å². The van der Waals surface area contributed by atoms with Crippen molar-refractivity contribution in [3.8, 4) is 5.75 Å². The predicted octanol–water partition coefficient (Wildman–Crippen LogP) is 6.37. The van der Waals surface area contributed by atoms with Crippen LogP contribution in [-0.4, -0.2) is 12.1 Å². The van der Waals surface area contributed by atoms with Gasteiger partial charge in [-0.05, 0) is 82.4 Å². The zero-order chi connectivity index (χ0) is 19.6. The van der Waals surface area contributed by atoms with Crippen LogP contribution in [0, 0.1) is 27.7 Å². The maximum absolute atomic E-state index is 5.78. The highest BCUT2D eigenvalue weighted by Gasteiger charge is 2.27.